The highest BCUT2D eigenvalue weighted by Crippen LogP contribution is 2.23. The van der Waals surface area contributed by atoms with Crippen molar-refractivity contribution in [1.29, 1.82) is 0 Å². The lowest BCUT2D eigenvalue weighted by Gasteiger charge is -2.14. The van der Waals surface area contributed by atoms with Crippen LogP contribution >= 0.6 is 0 Å². The first-order valence-electron chi connectivity index (χ1n) is 6.60. The first-order chi connectivity index (χ1) is 8.70. The van der Waals surface area contributed by atoms with Crippen LogP contribution in [0.4, 0.5) is 5.69 Å². The van der Waals surface area contributed by atoms with E-state index in [0.717, 1.165) is 11.4 Å². The minimum atomic E-state index is 0.189. The van der Waals surface area contributed by atoms with Crippen molar-refractivity contribution in [1.82, 2.24) is 0 Å². The minimum absolute atomic E-state index is 0.189. The summed E-state index contributed by atoms with van der Waals surface area (Å²) in [7, 11) is 0. The van der Waals surface area contributed by atoms with Gasteiger partial charge in [-0.3, -0.25) is 0 Å². The Balaban J connectivity index is 2.02. The molecule has 2 atom stereocenters. The number of benzene rings is 1. The van der Waals surface area contributed by atoms with Gasteiger partial charge in [-0.25, -0.2) is 0 Å². The van der Waals surface area contributed by atoms with Crippen molar-refractivity contribution in [2.45, 2.75) is 39.2 Å². The molecule has 2 unspecified atom stereocenters. The maximum absolute atomic E-state index is 5.38. The fourth-order valence-corrected chi connectivity index (χ4v) is 2.00. The third kappa shape index (κ3) is 2.95. The van der Waals surface area contributed by atoms with Crippen LogP contribution < -0.4 is 5.32 Å². The molecule has 0 spiro atoms. The quantitative estimate of drug-likeness (QED) is 0.802. The van der Waals surface area contributed by atoms with E-state index in [-0.39, 0.29) is 6.04 Å². The Morgan fingerprint density at radius 1 is 1.11 bits per heavy atom. The summed E-state index contributed by atoms with van der Waals surface area (Å²) < 4.78 is 5.38. The first-order valence-corrected chi connectivity index (χ1v) is 6.60. The molecule has 2 aromatic rings. The molecule has 0 amide bonds. The summed E-state index contributed by atoms with van der Waals surface area (Å²) in [6, 6.07) is 12.8. The molecule has 0 fully saturated rings. The topological polar surface area (TPSA) is 25.2 Å². The van der Waals surface area contributed by atoms with Crippen LogP contribution in [0.3, 0.4) is 0 Å². The number of rotatable bonds is 5. The van der Waals surface area contributed by atoms with E-state index >= 15 is 0 Å². The van der Waals surface area contributed by atoms with Crippen molar-refractivity contribution in [3.05, 3.63) is 54.0 Å². The Labute approximate surface area is 109 Å². The Kier molecular flexibility index (Phi) is 4.08. The van der Waals surface area contributed by atoms with Gasteiger partial charge in [0.15, 0.2) is 0 Å². The lowest BCUT2D eigenvalue weighted by Crippen LogP contribution is -2.05. The van der Waals surface area contributed by atoms with Gasteiger partial charge in [-0.05, 0) is 49.1 Å². The maximum atomic E-state index is 5.38. The third-order valence-electron chi connectivity index (χ3n) is 3.45. The second kappa shape index (κ2) is 5.76. The summed E-state index contributed by atoms with van der Waals surface area (Å²) in [4.78, 5) is 0. The number of anilines is 1. The largest absolute Gasteiger partial charge is 0.467 e. The van der Waals surface area contributed by atoms with E-state index in [1.165, 1.54) is 12.0 Å². The molecule has 0 radical (unpaired) electrons. The van der Waals surface area contributed by atoms with E-state index in [0.29, 0.717) is 5.92 Å². The van der Waals surface area contributed by atoms with Gasteiger partial charge in [0.25, 0.3) is 0 Å². The van der Waals surface area contributed by atoms with E-state index in [9.17, 15) is 0 Å². The lowest BCUT2D eigenvalue weighted by molar-refractivity contribution is 0.490. The highest BCUT2D eigenvalue weighted by Gasteiger charge is 2.08. The van der Waals surface area contributed by atoms with E-state index < -0.39 is 0 Å². The van der Waals surface area contributed by atoms with Crippen LogP contribution in [0.15, 0.2) is 47.1 Å². The number of hydrogen-bond donors (Lipinski definition) is 1. The van der Waals surface area contributed by atoms with Crippen molar-refractivity contribution in [3.63, 3.8) is 0 Å². The molecule has 1 N–H and O–H groups in total. The Hall–Kier alpha value is -1.70. The predicted octanol–water partition coefficient (Wildman–Crippen LogP) is 4.97. The minimum Gasteiger partial charge on any atom is -0.467 e. The molecule has 0 aliphatic rings. The summed E-state index contributed by atoms with van der Waals surface area (Å²) in [5.41, 5.74) is 2.53. The molecule has 0 saturated heterocycles. The Morgan fingerprint density at radius 2 is 1.83 bits per heavy atom. The van der Waals surface area contributed by atoms with Crippen LogP contribution in [0.1, 0.15) is 50.5 Å². The number of hydrogen-bond acceptors (Lipinski definition) is 2. The highest BCUT2D eigenvalue weighted by atomic mass is 16.3. The van der Waals surface area contributed by atoms with Gasteiger partial charge in [0.1, 0.15) is 5.76 Å². The maximum Gasteiger partial charge on any atom is 0.125 e. The highest BCUT2D eigenvalue weighted by molar-refractivity contribution is 5.46. The van der Waals surface area contributed by atoms with Crippen molar-refractivity contribution in [3.8, 4) is 0 Å². The van der Waals surface area contributed by atoms with Crippen molar-refractivity contribution in [2.24, 2.45) is 0 Å². The fraction of sp³-hybridized carbons (Fsp3) is 0.375. The zero-order valence-corrected chi connectivity index (χ0v) is 11.3. The molecule has 0 aliphatic heterocycles. The van der Waals surface area contributed by atoms with Gasteiger partial charge >= 0.3 is 0 Å². The van der Waals surface area contributed by atoms with Crippen LogP contribution in [0.5, 0.6) is 0 Å². The van der Waals surface area contributed by atoms with Gasteiger partial charge in [0, 0.05) is 5.69 Å². The summed E-state index contributed by atoms with van der Waals surface area (Å²) in [5, 5.41) is 3.43. The van der Waals surface area contributed by atoms with Crippen LogP contribution in [-0.2, 0) is 0 Å². The molecule has 1 aromatic heterocycles. The Bertz CT molecular complexity index is 458. The van der Waals surface area contributed by atoms with Gasteiger partial charge in [0.2, 0.25) is 0 Å². The number of furan rings is 1. The molecular formula is C16H21NO. The molecule has 0 bridgehead atoms. The smallest absolute Gasteiger partial charge is 0.125 e. The molecule has 1 heterocycles. The molecule has 1 aromatic carbocycles. The van der Waals surface area contributed by atoms with Crippen LogP contribution in [0, 0.1) is 0 Å². The monoisotopic (exact) mass is 243 g/mol. The molecule has 2 heteroatoms. The zero-order valence-electron chi connectivity index (χ0n) is 11.3. The fourth-order valence-electron chi connectivity index (χ4n) is 2.00. The molecule has 96 valence electrons. The van der Waals surface area contributed by atoms with E-state index in [1.54, 1.807) is 6.26 Å². The SMILES string of the molecule is CCC(C)c1ccc(NC(C)c2ccco2)cc1. The van der Waals surface area contributed by atoms with E-state index in [1.807, 2.05) is 12.1 Å². The molecule has 18 heavy (non-hydrogen) atoms. The average Bonchev–Trinajstić information content (AvgIpc) is 2.92. The van der Waals surface area contributed by atoms with Crippen LogP contribution in [-0.4, -0.2) is 0 Å². The second-order valence-corrected chi connectivity index (χ2v) is 4.81. The Morgan fingerprint density at radius 3 is 2.39 bits per heavy atom. The summed E-state index contributed by atoms with van der Waals surface area (Å²) >= 11 is 0. The van der Waals surface area contributed by atoms with E-state index in [2.05, 4.69) is 50.4 Å². The van der Waals surface area contributed by atoms with Gasteiger partial charge in [-0.1, -0.05) is 26.0 Å². The second-order valence-electron chi connectivity index (χ2n) is 4.81. The molecule has 0 saturated carbocycles. The van der Waals surface area contributed by atoms with Gasteiger partial charge < -0.3 is 9.73 Å². The van der Waals surface area contributed by atoms with Gasteiger partial charge in [0.05, 0.1) is 12.3 Å². The van der Waals surface area contributed by atoms with Gasteiger partial charge in [-0.15, -0.1) is 0 Å². The molecular weight excluding hydrogens is 222 g/mol. The lowest BCUT2D eigenvalue weighted by atomic mass is 9.98. The van der Waals surface area contributed by atoms with Crippen LogP contribution in [0.25, 0.3) is 0 Å². The zero-order chi connectivity index (χ0) is 13.0. The summed E-state index contributed by atoms with van der Waals surface area (Å²) in [5.74, 6) is 1.59. The molecule has 0 aliphatic carbocycles. The van der Waals surface area contributed by atoms with Crippen molar-refractivity contribution >= 4 is 5.69 Å². The summed E-state index contributed by atoms with van der Waals surface area (Å²) in [6.45, 7) is 6.57. The van der Waals surface area contributed by atoms with Crippen molar-refractivity contribution in [2.75, 3.05) is 5.32 Å². The predicted molar refractivity (Wildman–Crippen MR) is 75.9 cm³/mol. The normalized spacial score (nSPS) is 14.2. The average molecular weight is 243 g/mol. The first kappa shape index (κ1) is 12.7. The molecule has 2 rings (SSSR count). The van der Waals surface area contributed by atoms with E-state index in [4.69, 9.17) is 4.42 Å². The molecule has 2 nitrogen and oxygen atoms in total. The van der Waals surface area contributed by atoms with Crippen molar-refractivity contribution < 1.29 is 4.42 Å². The number of nitrogens with one attached hydrogen (secondary N) is 1. The summed E-state index contributed by atoms with van der Waals surface area (Å²) in [6.07, 6.45) is 2.88. The standard InChI is InChI=1S/C16H21NO/c1-4-12(2)14-7-9-15(10-8-14)17-13(3)16-6-5-11-18-16/h5-13,17H,4H2,1-3H3. The third-order valence-corrected chi connectivity index (χ3v) is 3.45. The van der Waals surface area contributed by atoms with Crippen LogP contribution in [0.2, 0.25) is 0 Å². The van der Waals surface area contributed by atoms with Gasteiger partial charge in [-0.2, -0.15) is 0 Å².